The van der Waals surface area contributed by atoms with E-state index in [1.54, 1.807) is 19.1 Å². The average molecular weight is 287 g/mol. The molecule has 1 aromatic carbocycles. The Bertz CT molecular complexity index is 678. The van der Waals surface area contributed by atoms with E-state index in [1.165, 1.54) is 6.07 Å². The Kier molecular flexibility index (Phi) is 3.90. The van der Waals surface area contributed by atoms with Crippen LogP contribution in [0.4, 0.5) is 10.2 Å². The molecular formula is C17H22FN3. The number of imidazole rings is 1. The highest BCUT2D eigenvalue weighted by molar-refractivity contribution is 5.71. The number of nitrogens with zero attached hydrogens (tertiary/aromatic N) is 2. The van der Waals surface area contributed by atoms with Crippen molar-refractivity contribution in [3.05, 3.63) is 48.1 Å². The number of halogens is 1. The minimum absolute atomic E-state index is 0.154. The summed E-state index contributed by atoms with van der Waals surface area (Å²) in [6.07, 6.45) is 1.78. The Labute approximate surface area is 125 Å². The fourth-order valence-corrected chi connectivity index (χ4v) is 2.30. The van der Waals surface area contributed by atoms with Gasteiger partial charge in [0.05, 0.1) is 0 Å². The summed E-state index contributed by atoms with van der Waals surface area (Å²) < 4.78 is 15.7. The SMILES string of the molecule is C=CCn1c(C(C)(C)C)nc(-c2ccc(C)c(F)c2)c1N. The lowest BCUT2D eigenvalue weighted by Crippen LogP contribution is -2.19. The standard InChI is InChI=1S/C17H22FN3/c1-6-9-21-15(19)14(20-16(21)17(3,4)5)12-8-7-11(2)13(18)10-12/h6-8,10H,1,9,19H2,2-5H3. The molecule has 0 aliphatic heterocycles. The first-order valence-electron chi connectivity index (χ1n) is 6.99. The average Bonchev–Trinajstić information content (AvgIpc) is 2.71. The van der Waals surface area contributed by atoms with E-state index in [0.717, 1.165) is 5.82 Å². The van der Waals surface area contributed by atoms with Crippen LogP contribution in [0.25, 0.3) is 11.3 Å². The molecule has 0 unspecified atom stereocenters. The van der Waals surface area contributed by atoms with Crippen molar-refractivity contribution in [3.8, 4) is 11.3 Å². The fraction of sp³-hybridized carbons (Fsp3) is 0.353. The molecule has 0 bridgehead atoms. The maximum atomic E-state index is 13.8. The van der Waals surface area contributed by atoms with Gasteiger partial charge in [-0.3, -0.25) is 0 Å². The van der Waals surface area contributed by atoms with Crippen LogP contribution < -0.4 is 5.73 Å². The van der Waals surface area contributed by atoms with E-state index in [0.29, 0.717) is 29.2 Å². The predicted molar refractivity (Wildman–Crippen MR) is 85.7 cm³/mol. The molecule has 0 radical (unpaired) electrons. The molecule has 0 amide bonds. The first-order valence-corrected chi connectivity index (χ1v) is 6.99. The number of hydrogen-bond donors (Lipinski definition) is 1. The number of nitrogen functional groups attached to an aromatic ring is 1. The number of benzene rings is 1. The van der Waals surface area contributed by atoms with Crippen LogP contribution in [-0.4, -0.2) is 9.55 Å². The number of anilines is 1. The van der Waals surface area contributed by atoms with Gasteiger partial charge in [0.2, 0.25) is 0 Å². The van der Waals surface area contributed by atoms with Gasteiger partial charge in [0, 0.05) is 17.5 Å². The van der Waals surface area contributed by atoms with Crippen LogP contribution in [0.3, 0.4) is 0 Å². The number of aromatic nitrogens is 2. The van der Waals surface area contributed by atoms with E-state index in [9.17, 15) is 4.39 Å². The Morgan fingerprint density at radius 1 is 1.38 bits per heavy atom. The molecule has 0 aliphatic rings. The van der Waals surface area contributed by atoms with Crippen LogP contribution in [0.1, 0.15) is 32.2 Å². The van der Waals surface area contributed by atoms with Crippen LogP contribution in [0, 0.1) is 12.7 Å². The maximum Gasteiger partial charge on any atom is 0.132 e. The first kappa shape index (κ1) is 15.3. The molecule has 0 fully saturated rings. The number of allylic oxidation sites excluding steroid dienone is 1. The van der Waals surface area contributed by atoms with Gasteiger partial charge in [-0.25, -0.2) is 9.37 Å². The lowest BCUT2D eigenvalue weighted by Gasteiger charge is -2.19. The van der Waals surface area contributed by atoms with Crippen molar-refractivity contribution in [1.82, 2.24) is 9.55 Å². The van der Waals surface area contributed by atoms with Crippen molar-refractivity contribution in [1.29, 1.82) is 0 Å². The molecular weight excluding hydrogens is 265 g/mol. The summed E-state index contributed by atoms with van der Waals surface area (Å²) in [5.41, 5.74) is 8.02. The van der Waals surface area contributed by atoms with Crippen LogP contribution in [0.2, 0.25) is 0 Å². The molecule has 4 heteroatoms. The van der Waals surface area contributed by atoms with Gasteiger partial charge in [-0.1, -0.05) is 39.0 Å². The molecule has 3 nitrogen and oxygen atoms in total. The summed E-state index contributed by atoms with van der Waals surface area (Å²) in [6.45, 7) is 12.3. The molecule has 0 spiro atoms. The van der Waals surface area contributed by atoms with Crippen molar-refractivity contribution < 1.29 is 4.39 Å². The van der Waals surface area contributed by atoms with E-state index in [1.807, 2.05) is 10.6 Å². The molecule has 0 aliphatic carbocycles. The second kappa shape index (κ2) is 5.35. The molecule has 2 rings (SSSR count). The lowest BCUT2D eigenvalue weighted by molar-refractivity contribution is 0.515. The third-order valence-corrected chi connectivity index (χ3v) is 3.43. The summed E-state index contributed by atoms with van der Waals surface area (Å²) in [5.74, 6) is 1.17. The summed E-state index contributed by atoms with van der Waals surface area (Å²) in [7, 11) is 0. The summed E-state index contributed by atoms with van der Waals surface area (Å²) in [6, 6.07) is 5.08. The highest BCUT2D eigenvalue weighted by atomic mass is 19.1. The fourth-order valence-electron chi connectivity index (χ4n) is 2.30. The first-order chi connectivity index (χ1) is 9.75. The smallest absolute Gasteiger partial charge is 0.132 e. The van der Waals surface area contributed by atoms with Gasteiger partial charge in [-0.15, -0.1) is 6.58 Å². The predicted octanol–water partition coefficient (Wildman–Crippen LogP) is 4.06. The van der Waals surface area contributed by atoms with Crippen molar-refractivity contribution in [2.75, 3.05) is 5.73 Å². The van der Waals surface area contributed by atoms with Gasteiger partial charge < -0.3 is 10.3 Å². The molecule has 0 atom stereocenters. The molecule has 1 aromatic heterocycles. The topological polar surface area (TPSA) is 43.8 Å². The third kappa shape index (κ3) is 2.84. The summed E-state index contributed by atoms with van der Waals surface area (Å²) >= 11 is 0. The maximum absolute atomic E-state index is 13.8. The highest BCUT2D eigenvalue weighted by Gasteiger charge is 2.25. The second-order valence-corrected chi connectivity index (χ2v) is 6.28. The molecule has 112 valence electrons. The Morgan fingerprint density at radius 3 is 2.57 bits per heavy atom. The van der Waals surface area contributed by atoms with Crippen LogP contribution >= 0.6 is 0 Å². The Balaban J connectivity index is 2.64. The number of hydrogen-bond acceptors (Lipinski definition) is 2. The minimum atomic E-state index is -0.248. The van der Waals surface area contributed by atoms with Crippen LogP contribution in [0.15, 0.2) is 30.9 Å². The van der Waals surface area contributed by atoms with E-state index < -0.39 is 0 Å². The summed E-state index contributed by atoms with van der Waals surface area (Å²) in [5, 5.41) is 0. The molecule has 2 N–H and O–H groups in total. The number of rotatable bonds is 3. The van der Waals surface area contributed by atoms with E-state index in [4.69, 9.17) is 5.73 Å². The Morgan fingerprint density at radius 2 is 2.05 bits per heavy atom. The monoisotopic (exact) mass is 287 g/mol. The van der Waals surface area contributed by atoms with E-state index in [-0.39, 0.29) is 11.2 Å². The molecule has 2 aromatic rings. The Hall–Kier alpha value is -2.10. The highest BCUT2D eigenvalue weighted by Crippen LogP contribution is 2.32. The van der Waals surface area contributed by atoms with Gasteiger partial charge in [0.25, 0.3) is 0 Å². The molecule has 0 saturated heterocycles. The number of aryl methyl sites for hydroxylation is 1. The third-order valence-electron chi connectivity index (χ3n) is 3.43. The minimum Gasteiger partial charge on any atom is -0.383 e. The lowest BCUT2D eigenvalue weighted by atomic mass is 9.95. The normalized spacial score (nSPS) is 11.7. The van der Waals surface area contributed by atoms with Gasteiger partial charge in [0.1, 0.15) is 23.2 Å². The summed E-state index contributed by atoms with van der Waals surface area (Å²) in [4.78, 5) is 4.66. The zero-order chi connectivity index (χ0) is 15.8. The molecule has 21 heavy (non-hydrogen) atoms. The van der Waals surface area contributed by atoms with Gasteiger partial charge in [-0.2, -0.15) is 0 Å². The molecule has 0 saturated carbocycles. The van der Waals surface area contributed by atoms with E-state index >= 15 is 0 Å². The number of nitrogens with two attached hydrogens (primary N) is 1. The molecule has 1 heterocycles. The van der Waals surface area contributed by atoms with E-state index in [2.05, 4.69) is 32.3 Å². The second-order valence-electron chi connectivity index (χ2n) is 6.28. The van der Waals surface area contributed by atoms with Crippen LogP contribution in [0.5, 0.6) is 0 Å². The zero-order valence-electron chi connectivity index (χ0n) is 13.1. The van der Waals surface area contributed by atoms with Crippen molar-refractivity contribution >= 4 is 5.82 Å². The zero-order valence-corrected chi connectivity index (χ0v) is 13.1. The largest absolute Gasteiger partial charge is 0.383 e. The van der Waals surface area contributed by atoms with Gasteiger partial charge in [0.15, 0.2) is 0 Å². The van der Waals surface area contributed by atoms with Gasteiger partial charge in [-0.05, 0) is 18.6 Å². The van der Waals surface area contributed by atoms with Crippen LogP contribution in [-0.2, 0) is 12.0 Å². The van der Waals surface area contributed by atoms with Crippen molar-refractivity contribution in [2.45, 2.75) is 39.7 Å². The van der Waals surface area contributed by atoms with Crippen molar-refractivity contribution in [2.24, 2.45) is 0 Å². The van der Waals surface area contributed by atoms with Crippen molar-refractivity contribution in [3.63, 3.8) is 0 Å². The van der Waals surface area contributed by atoms with Gasteiger partial charge >= 0.3 is 0 Å². The quantitative estimate of drug-likeness (QED) is 0.865.